The predicted octanol–water partition coefficient (Wildman–Crippen LogP) is 7.82. The van der Waals surface area contributed by atoms with Crippen LogP contribution in [0.2, 0.25) is 0 Å². The molecular formula is C24H38. The molecule has 1 aliphatic rings. The van der Waals surface area contributed by atoms with Crippen LogP contribution in [0.3, 0.4) is 0 Å². The summed E-state index contributed by atoms with van der Waals surface area (Å²) >= 11 is 0. The minimum Gasteiger partial charge on any atom is -0.0804 e. The molecule has 0 saturated heterocycles. The molecule has 0 heteroatoms. The second-order valence-corrected chi connectivity index (χ2v) is 7.99. The quantitative estimate of drug-likeness (QED) is 0.384. The summed E-state index contributed by atoms with van der Waals surface area (Å²) in [5.74, 6) is 1.74. The van der Waals surface area contributed by atoms with E-state index in [0.717, 1.165) is 11.8 Å². The van der Waals surface area contributed by atoms with Crippen LogP contribution >= 0.6 is 0 Å². The molecule has 1 aliphatic carbocycles. The first-order chi connectivity index (χ1) is 11.7. The summed E-state index contributed by atoms with van der Waals surface area (Å²) < 4.78 is 0. The maximum absolute atomic E-state index is 2.53. The maximum Gasteiger partial charge on any atom is -0.0228 e. The van der Waals surface area contributed by atoms with Crippen LogP contribution < -0.4 is 0 Å². The molecule has 1 aromatic rings. The SMILES string of the molecule is CCCCCCCC1CC=C(c2ccc(CC(C)CC)cc2)CC1. The van der Waals surface area contributed by atoms with Crippen LogP contribution in [-0.2, 0) is 6.42 Å². The Bertz CT molecular complexity index is 479. The van der Waals surface area contributed by atoms with Crippen molar-refractivity contribution < 1.29 is 0 Å². The van der Waals surface area contributed by atoms with E-state index in [0.29, 0.717) is 0 Å². The molecule has 2 atom stereocenters. The molecule has 1 aromatic carbocycles. The van der Waals surface area contributed by atoms with Gasteiger partial charge in [-0.15, -0.1) is 0 Å². The number of unbranched alkanes of at least 4 members (excludes halogenated alkanes) is 4. The van der Waals surface area contributed by atoms with Crippen molar-refractivity contribution in [3.05, 3.63) is 41.5 Å². The number of hydrogen-bond acceptors (Lipinski definition) is 0. The number of allylic oxidation sites excluding steroid dienone is 2. The zero-order chi connectivity index (χ0) is 17.2. The lowest BCUT2D eigenvalue weighted by Gasteiger charge is -2.22. The Morgan fingerprint density at radius 3 is 2.38 bits per heavy atom. The van der Waals surface area contributed by atoms with E-state index < -0.39 is 0 Å². The third-order valence-corrected chi connectivity index (χ3v) is 5.84. The highest BCUT2D eigenvalue weighted by molar-refractivity contribution is 5.66. The van der Waals surface area contributed by atoms with Gasteiger partial charge in [-0.1, -0.05) is 96.1 Å². The highest BCUT2D eigenvalue weighted by atomic mass is 14.2. The summed E-state index contributed by atoms with van der Waals surface area (Å²) in [6, 6.07) is 9.41. The van der Waals surface area contributed by atoms with Gasteiger partial charge in [-0.25, -0.2) is 0 Å². The molecule has 0 nitrogen and oxygen atoms in total. The Labute approximate surface area is 150 Å². The van der Waals surface area contributed by atoms with Crippen LogP contribution in [0.4, 0.5) is 0 Å². The van der Waals surface area contributed by atoms with Gasteiger partial charge in [0.2, 0.25) is 0 Å². The van der Waals surface area contributed by atoms with E-state index in [1.54, 1.807) is 5.57 Å². The minimum absolute atomic E-state index is 0.794. The van der Waals surface area contributed by atoms with Gasteiger partial charge in [0.25, 0.3) is 0 Å². The average Bonchev–Trinajstić information content (AvgIpc) is 2.63. The molecular weight excluding hydrogens is 288 g/mol. The highest BCUT2D eigenvalue weighted by Gasteiger charge is 2.15. The molecule has 0 amide bonds. The molecule has 0 aliphatic heterocycles. The molecule has 0 radical (unpaired) electrons. The Morgan fingerprint density at radius 1 is 1.00 bits per heavy atom. The Kier molecular flexibility index (Phi) is 8.64. The summed E-state index contributed by atoms with van der Waals surface area (Å²) in [6.07, 6.45) is 17.5. The van der Waals surface area contributed by atoms with E-state index in [2.05, 4.69) is 51.1 Å². The lowest BCUT2D eigenvalue weighted by Crippen LogP contribution is -2.05. The standard InChI is InChI=1S/C24H38/c1-4-6-7-8-9-10-21-11-15-23(16-12-21)24-17-13-22(14-18-24)19-20(3)5-2/h13-15,17-18,20-21H,4-12,16,19H2,1-3H3. The summed E-state index contributed by atoms with van der Waals surface area (Å²) in [7, 11) is 0. The fourth-order valence-electron chi connectivity index (χ4n) is 3.85. The number of benzene rings is 1. The molecule has 2 rings (SSSR count). The van der Waals surface area contributed by atoms with Gasteiger partial charge in [-0.05, 0) is 54.2 Å². The van der Waals surface area contributed by atoms with Gasteiger partial charge in [-0.3, -0.25) is 0 Å². The molecule has 0 heterocycles. The summed E-state index contributed by atoms with van der Waals surface area (Å²) in [4.78, 5) is 0. The molecule has 0 N–H and O–H groups in total. The van der Waals surface area contributed by atoms with E-state index in [9.17, 15) is 0 Å². The van der Waals surface area contributed by atoms with Gasteiger partial charge in [-0.2, -0.15) is 0 Å². The predicted molar refractivity (Wildman–Crippen MR) is 108 cm³/mol. The van der Waals surface area contributed by atoms with Crippen LogP contribution in [0.5, 0.6) is 0 Å². The van der Waals surface area contributed by atoms with Crippen molar-refractivity contribution >= 4 is 5.57 Å². The third kappa shape index (κ3) is 6.46. The van der Waals surface area contributed by atoms with Crippen molar-refractivity contribution in [2.24, 2.45) is 11.8 Å². The molecule has 0 bridgehead atoms. The molecule has 0 fully saturated rings. The summed E-state index contributed by atoms with van der Waals surface area (Å²) in [6.45, 7) is 6.93. The van der Waals surface area contributed by atoms with Crippen molar-refractivity contribution in [3.8, 4) is 0 Å². The zero-order valence-corrected chi connectivity index (χ0v) is 16.3. The zero-order valence-electron chi connectivity index (χ0n) is 16.3. The maximum atomic E-state index is 2.53. The fraction of sp³-hybridized carbons (Fsp3) is 0.667. The van der Waals surface area contributed by atoms with E-state index >= 15 is 0 Å². The Balaban J connectivity index is 1.77. The van der Waals surface area contributed by atoms with Crippen molar-refractivity contribution in [1.82, 2.24) is 0 Å². The number of hydrogen-bond donors (Lipinski definition) is 0. The Morgan fingerprint density at radius 2 is 1.75 bits per heavy atom. The van der Waals surface area contributed by atoms with Crippen molar-refractivity contribution in [1.29, 1.82) is 0 Å². The molecule has 0 saturated carbocycles. The van der Waals surface area contributed by atoms with Crippen molar-refractivity contribution in [2.75, 3.05) is 0 Å². The monoisotopic (exact) mass is 326 g/mol. The van der Waals surface area contributed by atoms with Gasteiger partial charge in [0.15, 0.2) is 0 Å². The fourth-order valence-corrected chi connectivity index (χ4v) is 3.85. The van der Waals surface area contributed by atoms with Crippen molar-refractivity contribution in [2.45, 2.75) is 91.4 Å². The molecule has 0 aromatic heterocycles. The van der Waals surface area contributed by atoms with E-state index in [1.807, 2.05) is 0 Å². The van der Waals surface area contributed by atoms with E-state index in [1.165, 1.54) is 81.8 Å². The van der Waals surface area contributed by atoms with Crippen LogP contribution in [-0.4, -0.2) is 0 Å². The van der Waals surface area contributed by atoms with Crippen LogP contribution in [0, 0.1) is 11.8 Å². The second-order valence-electron chi connectivity index (χ2n) is 7.99. The Hall–Kier alpha value is -1.04. The third-order valence-electron chi connectivity index (χ3n) is 5.84. The van der Waals surface area contributed by atoms with Crippen molar-refractivity contribution in [3.63, 3.8) is 0 Å². The lowest BCUT2D eigenvalue weighted by atomic mass is 9.83. The van der Waals surface area contributed by atoms with Gasteiger partial charge in [0.05, 0.1) is 0 Å². The summed E-state index contributed by atoms with van der Waals surface area (Å²) in [5, 5.41) is 0. The molecule has 0 spiro atoms. The number of rotatable bonds is 10. The van der Waals surface area contributed by atoms with E-state index in [-0.39, 0.29) is 0 Å². The van der Waals surface area contributed by atoms with Crippen LogP contribution in [0.15, 0.2) is 30.3 Å². The first-order valence-electron chi connectivity index (χ1n) is 10.5. The normalized spacial score (nSPS) is 19.1. The topological polar surface area (TPSA) is 0 Å². The minimum atomic E-state index is 0.794. The van der Waals surface area contributed by atoms with E-state index in [4.69, 9.17) is 0 Å². The smallest absolute Gasteiger partial charge is 0.0228 e. The first-order valence-corrected chi connectivity index (χ1v) is 10.5. The lowest BCUT2D eigenvalue weighted by molar-refractivity contribution is 0.423. The molecule has 2 unspecified atom stereocenters. The van der Waals surface area contributed by atoms with Gasteiger partial charge in [0, 0.05) is 0 Å². The highest BCUT2D eigenvalue weighted by Crippen LogP contribution is 2.33. The molecule has 134 valence electrons. The van der Waals surface area contributed by atoms with Gasteiger partial charge >= 0.3 is 0 Å². The summed E-state index contributed by atoms with van der Waals surface area (Å²) in [5.41, 5.74) is 4.55. The van der Waals surface area contributed by atoms with Gasteiger partial charge in [0.1, 0.15) is 0 Å². The second kappa shape index (κ2) is 10.7. The van der Waals surface area contributed by atoms with Gasteiger partial charge < -0.3 is 0 Å². The van der Waals surface area contributed by atoms with Crippen LogP contribution in [0.25, 0.3) is 5.57 Å². The first kappa shape index (κ1) is 19.3. The van der Waals surface area contributed by atoms with Crippen LogP contribution in [0.1, 0.15) is 96.1 Å². The molecule has 24 heavy (non-hydrogen) atoms. The largest absolute Gasteiger partial charge is 0.0804 e. The average molecular weight is 327 g/mol.